The Kier molecular flexibility index (Phi) is 3.06. The van der Waals surface area contributed by atoms with Gasteiger partial charge in [-0.05, 0) is 12.5 Å². The highest BCUT2D eigenvalue weighted by atomic mass is 15.1. The van der Waals surface area contributed by atoms with Crippen LogP contribution in [0.25, 0.3) is 0 Å². The summed E-state index contributed by atoms with van der Waals surface area (Å²) in [7, 11) is 2.02. The van der Waals surface area contributed by atoms with Crippen molar-refractivity contribution < 1.29 is 0 Å². The van der Waals surface area contributed by atoms with Crippen molar-refractivity contribution >= 4 is 0 Å². The van der Waals surface area contributed by atoms with Crippen molar-refractivity contribution in [3.8, 4) is 0 Å². The topological polar surface area (TPSA) is 43.8 Å². The number of hydrogen-bond donors (Lipinski definition) is 1. The molecule has 1 aromatic heterocycles. The molecule has 84 valence electrons. The van der Waals surface area contributed by atoms with Gasteiger partial charge in [0.1, 0.15) is 5.82 Å². The van der Waals surface area contributed by atoms with Crippen LogP contribution in [0.15, 0.2) is 36.5 Å². The van der Waals surface area contributed by atoms with Crippen LogP contribution in [0, 0.1) is 0 Å². The second-order valence-corrected chi connectivity index (χ2v) is 4.11. The Morgan fingerprint density at radius 2 is 2.00 bits per heavy atom. The number of nitrogens with zero attached hydrogens (tertiary/aromatic N) is 2. The van der Waals surface area contributed by atoms with Gasteiger partial charge in [-0.3, -0.25) is 0 Å². The molecule has 0 fully saturated rings. The Morgan fingerprint density at radius 3 is 2.56 bits per heavy atom. The molecule has 2 rings (SSSR count). The lowest BCUT2D eigenvalue weighted by Crippen LogP contribution is -2.11. The van der Waals surface area contributed by atoms with Gasteiger partial charge in [0.15, 0.2) is 0 Å². The van der Waals surface area contributed by atoms with Crippen molar-refractivity contribution in [2.75, 3.05) is 0 Å². The Hall–Kier alpha value is -1.61. The van der Waals surface area contributed by atoms with Crippen LogP contribution in [0.2, 0.25) is 0 Å². The second-order valence-electron chi connectivity index (χ2n) is 4.11. The van der Waals surface area contributed by atoms with Gasteiger partial charge in [0.2, 0.25) is 0 Å². The molecule has 0 aliphatic carbocycles. The van der Waals surface area contributed by atoms with E-state index in [1.807, 2.05) is 38.4 Å². The van der Waals surface area contributed by atoms with E-state index < -0.39 is 0 Å². The maximum atomic E-state index is 5.86. The lowest BCUT2D eigenvalue weighted by Gasteiger charge is -2.08. The zero-order valence-corrected chi connectivity index (χ0v) is 9.72. The summed E-state index contributed by atoms with van der Waals surface area (Å²) in [5.74, 6) is 1.05. The standard InChI is InChI=1S/C13H17N3/c1-10(14)12-9-15-13(16(12)2)8-11-6-4-3-5-7-11/h3-7,9-10H,8,14H2,1-2H3. The first-order chi connectivity index (χ1) is 7.68. The summed E-state index contributed by atoms with van der Waals surface area (Å²) in [6.07, 6.45) is 2.72. The molecule has 0 saturated heterocycles. The van der Waals surface area contributed by atoms with Crippen molar-refractivity contribution in [3.05, 3.63) is 53.6 Å². The molecule has 0 saturated carbocycles. The van der Waals surface area contributed by atoms with Gasteiger partial charge in [-0.25, -0.2) is 4.98 Å². The van der Waals surface area contributed by atoms with Gasteiger partial charge in [-0.1, -0.05) is 30.3 Å². The molecule has 0 aliphatic rings. The molecule has 0 radical (unpaired) electrons. The summed E-state index contributed by atoms with van der Waals surface area (Å²) in [4.78, 5) is 4.42. The normalized spacial score (nSPS) is 12.7. The average molecular weight is 215 g/mol. The molecule has 1 unspecified atom stereocenters. The van der Waals surface area contributed by atoms with Crippen LogP contribution in [-0.4, -0.2) is 9.55 Å². The smallest absolute Gasteiger partial charge is 0.113 e. The number of imidazole rings is 1. The van der Waals surface area contributed by atoms with E-state index in [1.54, 1.807) is 0 Å². The molecular formula is C13H17N3. The van der Waals surface area contributed by atoms with E-state index in [4.69, 9.17) is 5.73 Å². The minimum atomic E-state index is 0.0297. The number of hydrogen-bond acceptors (Lipinski definition) is 2. The first-order valence-corrected chi connectivity index (χ1v) is 5.48. The monoisotopic (exact) mass is 215 g/mol. The van der Waals surface area contributed by atoms with E-state index in [2.05, 4.69) is 21.7 Å². The van der Waals surface area contributed by atoms with Gasteiger partial charge < -0.3 is 10.3 Å². The lowest BCUT2D eigenvalue weighted by atomic mass is 10.1. The molecule has 0 spiro atoms. The van der Waals surface area contributed by atoms with E-state index in [0.29, 0.717) is 0 Å². The Balaban J connectivity index is 2.23. The third-order valence-electron chi connectivity index (χ3n) is 2.79. The largest absolute Gasteiger partial charge is 0.333 e. The molecule has 1 aromatic carbocycles. The third kappa shape index (κ3) is 2.14. The van der Waals surface area contributed by atoms with Crippen LogP contribution in [-0.2, 0) is 13.5 Å². The van der Waals surface area contributed by atoms with Crippen LogP contribution < -0.4 is 5.73 Å². The van der Waals surface area contributed by atoms with Crippen molar-refractivity contribution in [1.82, 2.24) is 9.55 Å². The molecule has 2 aromatic rings. The highest BCUT2D eigenvalue weighted by Gasteiger charge is 2.09. The zero-order valence-electron chi connectivity index (χ0n) is 9.72. The van der Waals surface area contributed by atoms with Crippen molar-refractivity contribution in [2.24, 2.45) is 12.8 Å². The molecule has 3 nitrogen and oxygen atoms in total. The van der Waals surface area contributed by atoms with E-state index >= 15 is 0 Å². The zero-order chi connectivity index (χ0) is 11.5. The summed E-state index contributed by atoms with van der Waals surface area (Å²) < 4.78 is 2.08. The maximum absolute atomic E-state index is 5.86. The van der Waals surface area contributed by atoms with Crippen molar-refractivity contribution in [1.29, 1.82) is 0 Å². The summed E-state index contributed by atoms with van der Waals surface area (Å²) >= 11 is 0. The molecular weight excluding hydrogens is 198 g/mol. The van der Waals surface area contributed by atoms with E-state index in [-0.39, 0.29) is 6.04 Å². The molecule has 2 N–H and O–H groups in total. The van der Waals surface area contributed by atoms with Crippen LogP contribution in [0.3, 0.4) is 0 Å². The maximum Gasteiger partial charge on any atom is 0.113 e. The van der Waals surface area contributed by atoms with Crippen LogP contribution in [0.5, 0.6) is 0 Å². The Labute approximate surface area is 95.9 Å². The molecule has 0 bridgehead atoms. The number of benzene rings is 1. The SMILES string of the molecule is CC(N)c1cnc(Cc2ccccc2)n1C. The fourth-order valence-electron chi connectivity index (χ4n) is 1.83. The predicted molar refractivity (Wildman–Crippen MR) is 65.1 cm³/mol. The second kappa shape index (κ2) is 4.49. The minimum Gasteiger partial charge on any atom is -0.333 e. The quantitative estimate of drug-likeness (QED) is 0.851. The fraction of sp³-hybridized carbons (Fsp3) is 0.308. The van der Waals surface area contributed by atoms with Gasteiger partial charge in [-0.15, -0.1) is 0 Å². The van der Waals surface area contributed by atoms with Gasteiger partial charge in [0.05, 0.1) is 11.9 Å². The predicted octanol–water partition coefficient (Wildman–Crippen LogP) is 2.03. The van der Waals surface area contributed by atoms with Gasteiger partial charge in [0.25, 0.3) is 0 Å². The fourth-order valence-corrected chi connectivity index (χ4v) is 1.83. The van der Waals surface area contributed by atoms with Gasteiger partial charge in [0, 0.05) is 19.5 Å². The first kappa shape index (κ1) is 10.9. The van der Waals surface area contributed by atoms with Crippen LogP contribution in [0.1, 0.15) is 30.0 Å². The summed E-state index contributed by atoms with van der Waals surface area (Å²) in [5.41, 5.74) is 8.21. The summed E-state index contributed by atoms with van der Waals surface area (Å²) in [6, 6.07) is 10.4. The number of nitrogens with two attached hydrogens (primary N) is 1. The molecule has 0 aliphatic heterocycles. The minimum absolute atomic E-state index is 0.0297. The molecule has 1 atom stereocenters. The van der Waals surface area contributed by atoms with Crippen molar-refractivity contribution in [2.45, 2.75) is 19.4 Å². The number of aromatic nitrogens is 2. The molecule has 3 heteroatoms. The third-order valence-corrected chi connectivity index (χ3v) is 2.79. The highest BCUT2D eigenvalue weighted by molar-refractivity contribution is 5.20. The van der Waals surface area contributed by atoms with Crippen LogP contribution >= 0.6 is 0 Å². The van der Waals surface area contributed by atoms with E-state index in [9.17, 15) is 0 Å². The van der Waals surface area contributed by atoms with Gasteiger partial charge >= 0.3 is 0 Å². The summed E-state index contributed by atoms with van der Waals surface area (Å²) in [6.45, 7) is 1.98. The Bertz CT molecular complexity index is 457. The highest BCUT2D eigenvalue weighted by Crippen LogP contribution is 2.13. The number of rotatable bonds is 3. The average Bonchev–Trinajstić information content (AvgIpc) is 2.62. The molecule has 1 heterocycles. The van der Waals surface area contributed by atoms with Gasteiger partial charge in [-0.2, -0.15) is 0 Å². The summed E-state index contributed by atoms with van der Waals surface area (Å²) in [5, 5.41) is 0. The molecule has 0 amide bonds. The lowest BCUT2D eigenvalue weighted by molar-refractivity contribution is 0.693. The van der Waals surface area contributed by atoms with E-state index in [0.717, 1.165) is 17.9 Å². The first-order valence-electron chi connectivity index (χ1n) is 5.48. The van der Waals surface area contributed by atoms with Crippen molar-refractivity contribution in [3.63, 3.8) is 0 Å². The van der Waals surface area contributed by atoms with Crippen LogP contribution in [0.4, 0.5) is 0 Å². The van der Waals surface area contributed by atoms with E-state index in [1.165, 1.54) is 5.56 Å². The molecule has 16 heavy (non-hydrogen) atoms. The Morgan fingerprint density at radius 1 is 1.31 bits per heavy atom.